The smallest absolute Gasteiger partial charge is 0.323 e. The minimum atomic E-state index is -1.67. The van der Waals surface area contributed by atoms with Crippen molar-refractivity contribution in [2.75, 3.05) is 72.5 Å². The van der Waals surface area contributed by atoms with Crippen LogP contribution in [-0.4, -0.2) is 153 Å². The molecule has 1 aromatic rings. The lowest BCUT2D eigenvalue weighted by atomic mass is 9.87. The summed E-state index contributed by atoms with van der Waals surface area (Å²) >= 11 is 9.74. The van der Waals surface area contributed by atoms with E-state index in [4.69, 9.17) is 37.9 Å². The van der Waals surface area contributed by atoms with Crippen molar-refractivity contribution < 1.29 is 76.9 Å². The highest BCUT2D eigenvalue weighted by Gasteiger charge is 2.46. The fourth-order valence-electron chi connectivity index (χ4n) is 6.63. The van der Waals surface area contributed by atoms with Crippen LogP contribution in [0.4, 0.5) is 0 Å². The monoisotopic (exact) mass is 1160 g/mol. The molecule has 68 heavy (non-hydrogen) atoms. The molecule has 2 aliphatic rings. The van der Waals surface area contributed by atoms with Gasteiger partial charge in [0.05, 0.1) is 82.7 Å². The van der Waals surface area contributed by atoms with Crippen LogP contribution < -0.4 is 16.0 Å². The van der Waals surface area contributed by atoms with Gasteiger partial charge >= 0.3 is 17.9 Å². The summed E-state index contributed by atoms with van der Waals surface area (Å²) in [6, 6.07) is 0. The van der Waals surface area contributed by atoms with Gasteiger partial charge in [-0.25, -0.2) is 0 Å². The number of hydrogen-bond acceptors (Lipinski definition) is 16. The molecule has 23 heteroatoms. The zero-order chi connectivity index (χ0) is 51.7. The first kappa shape index (κ1) is 59.2. The predicted octanol–water partition coefficient (Wildman–Crippen LogP) is 4.69. The molecule has 0 aromatic carbocycles. The third-order valence-electron chi connectivity index (χ3n) is 10.9. The number of fused-ring (bicyclic) bond motifs is 5. The Kier molecular flexibility index (Phi) is 20.8. The Hall–Kier alpha value is -3.06. The van der Waals surface area contributed by atoms with Crippen LogP contribution in [0.25, 0.3) is 0 Å². The largest absolute Gasteiger partial charge is 0.494 e. The lowest BCUT2D eigenvalue weighted by molar-refractivity contribution is -0.167. The van der Waals surface area contributed by atoms with Crippen LogP contribution in [0.1, 0.15) is 119 Å². The third kappa shape index (κ3) is 16.8. The van der Waals surface area contributed by atoms with Crippen molar-refractivity contribution >= 4 is 83.4 Å². The van der Waals surface area contributed by atoms with Gasteiger partial charge in [0.1, 0.15) is 13.0 Å². The SMILES string of the molecule is CC(C)(Br)C(=O)OC(C)(C)C(=O)NCC(CNC(=O)C(C)(C)OC(=O)C(C)(C)Br)(CNC(=O)C(C)(C)OC(=O)C(C)(C)Br)COCCOCCOCCOCCn1c(O)c2c(c1O)C1CCC2O1. The number of hydrogen-bond donors (Lipinski definition) is 5. The summed E-state index contributed by atoms with van der Waals surface area (Å²) in [4.78, 5) is 79.4. The second kappa shape index (κ2) is 23.9. The first-order chi connectivity index (χ1) is 31.1. The number of halogens is 3. The fourth-order valence-corrected chi connectivity index (χ4v) is 6.87. The average molecular weight is 1160 g/mol. The summed E-state index contributed by atoms with van der Waals surface area (Å²) in [6.45, 7) is 18.4. The molecule has 1 aromatic heterocycles. The number of alkyl halides is 3. The van der Waals surface area contributed by atoms with Crippen LogP contribution in [0, 0.1) is 5.41 Å². The molecular formula is C45H71Br3N4O16. The van der Waals surface area contributed by atoms with Crippen LogP contribution in [-0.2, 0) is 73.2 Å². The van der Waals surface area contributed by atoms with Gasteiger partial charge in [0, 0.05) is 25.0 Å². The molecule has 1 saturated heterocycles. The molecule has 3 rings (SSSR count). The lowest BCUT2D eigenvalue weighted by Crippen LogP contribution is -2.60. The van der Waals surface area contributed by atoms with Crippen molar-refractivity contribution in [1.82, 2.24) is 20.5 Å². The number of nitrogens with zero attached hydrogens (tertiary/aromatic N) is 1. The van der Waals surface area contributed by atoms with E-state index in [0.29, 0.717) is 11.1 Å². The first-order valence-corrected chi connectivity index (χ1v) is 24.8. The summed E-state index contributed by atoms with van der Waals surface area (Å²) < 4.78 is 43.6. The van der Waals surface area contributed by atoms with Crippen LogP contribution in [0.3, 0.4) is 0 Å². The molecule has 20 nitrogen and oxygen atoms in total. The molecule has 3 amide bonds. The number of carbonyl (C=O) groups excluding carboxylic acids is 6. The molecule has 2 bridgehead atoms. The third-order valence-corrected chi connectivity index (χ3v) is 11.9. The molecule has 3 heterocycles. The maximum absolute atomic E-state index is 13.7. The molecular weight excluding hydrogens is 1090 g/mol. The van der Waals surface area contributed by atoms with Gasteiger partial charge in [-0.05, 0) is 95.9 Å². The van der Waals surface area contributed by atoms with Crippen LogP contribution in [0.5, 0.6) is 11.8 Å². The Morgan fingerprint density at radius 2 is 0.824 bits per heavy atom. The van der Waals surface area contributed by atoms with Crippen molar-refractivity contribution in [1.29, 1.82) is 0 Å². The standard InChI is InChI=1S/C45H71Br3N4O16/c1-39(2,46)36(58)66-42(7,8)33(55)49-23-45(24-50-34(56)43(9,10)67-37(59)40(3,4)47,25-51-35(57)44(11,12)68-38(60)41(5,6)48)26-64-22-21-63-20-19-62-18-17-61-16-15-52-31(53)29-27-13-14-28(65-27)30(29)32(52)54/h27-28,53-54H,13-26H2,1-12H3,(H,49,55)(H,50,56)(H,51,57). The van der Waals surface area contributed by atoms with Crippen molar-refractivity contribution in [3.05, 3.63) is 11.1 Å². The maximum atomic E-state index is 13.7. The van der Waals surface area contributed by atoms with Gasteiger partial charge in [-0.1, -0.05) is 47.8 Å². The fraction of sp³-hybridized carbons (Fsp3) is 0.778. The van der Waals surface area contributed by atoms with Crippen molar-refractivity contribution in [3.63, 3.8) is 0 Å². The molecule has 5 N–H and O–H groups in total. The highest BCUT2D eigenvalue weighted by Crippen LogP contribution is 2.57. The molecule has 2 aliphatic heterocycles. The molecule has 1 fully saturated rings. The lowest BCUT2D eigenvalue weighted by Gasteiger charge is -2.37. The number of ether oxygens (including phenoxy) is 8. The van der Waals surface area contributed by atoms with Gasteiger partial charge in [-0.3, -0.25) is 33.3 Å². The normalized spacial score (nSPS) is 16.5. The highest BCUT2D eigenvalue weighted by molar-refractivity contribution is 9.10. The summed E-state index contributed by atoms with van der Waals surface area (Å²) in [6.07, 6.45) is 1.27. The zero-order valence-corrected chi connectivity index (χ0v) is 46.0. The van der Waals surface area contributed by atoms with E-state index < -0.39 is 70.8 Å². The summed E-state index contributed by atoms with van der Waals surface area (Å²) in [5, 5.41) is 29.6. The van der Waals surface area contributed by atoms with E-state index in [1.807, 2.05) is 0 Å². The Morgan fingerprint density at radius 3 is 1.13 bits per heavy atom. The van der Waals surface area contributed by atoms with Crippen LogP contribution in [0.2, 0.25) is 0 Å². The summed E-state index contributed by atoms with van der Waals surface area (Å²) in [5.74, 6) is -4.18. The van der Waals surface area contributed by atoms with Gasteiger partial charge in [0.25, 0.3) is 17.7 Å². The van der Waals surface area contributed by atoms with Gasteiger partial charge in [-0.15, -0.1) is 0 Å². The minimum absolute atomic E-state index is 0.0114. The maximum Gasteiger partial charge on any atom is 0.323 e. The van der Waals surface area contributed by atoms with E-state index in [1.165, 1.54) is 46.1 Å². The predicted molar refractivity (Wildman–Crippen MR) is 258 cm³/mol. The minimum Gasteiger partial charge on any atom is -0.494 e. The zero-order valence-electron chi connectivity index (χ0n) is 41.2. The van der Waals surface area contributed by atoms with Crippen LogP contribution >= 0.6 is 47.8 Å². The average Bonchev–Trinajstić information content (AvgIpc) is 3.91. The second-order valence-corrected chi connectivity index (χ2v) is 25.8. The number of nitrogens with one attached hydrogen (secondary N) is 3. The Morgan fingerprint density at radius 1 is 0.529 bits per heavy atom. The topological polar surface area (TPSA) is 258 Å². The quantitative estimate of drug-likeness (QED) is 0.0316. The number of carbonyl (C=O) groups is 6. The van der Waals surface area contributed by atoms with E-state index >= 15 is 0 Å². The van der Waals surface area contributed by atoms with E-state index in [0.717, 1.165) is 12.8 Å². The molecule has 0 spiro atoms. The number of aromatic hydroxyl groups is 2. The van der Waals surface area contributed by atoms with E-state index in [9.17, 15) is 39.0 Å². The Balaban J connectivity index is 1.66. The van der Waals surface area contributed by atoms with Crippen molar-refractivity contribution in [2.45, 2.75) is 144 Å². The van der Waals surface area contributed by atoms with E-state index in [1.54, 1.807) is 41.5 Å². The molecule has 2 unspecified atom stereocenters. The van der Waals surface area contributed by atoms with Gasteiger partial charge < -0.3 is 64.1 Å². The second-order valence-electron chi connectivity index (χ2n) is 19.9. The molecule has 0 saturated carbocycles. The van der Waals surface area contributed by atoms with Gasteiger partial charge in [0.2, 0.25) is 0 Å². The number of aromatic nitrogens is 1. The summed E-state index contributed by atoms with van der Waals surface area (Å²) in [7, 11) is 0. The van der Waals surface area contributed by atoms with Gasteiger partial charge in [-0.2, -0.15) is 0 Å². The summed E-state index contributed by atoms with van der Waals surface area (Å²) in [5.41, 5.74) is -5.03. The van der Waals surface area contributed by atoms with Crippen molar-refractivity contribution in [2.24, 2.45) is 5.41 Å². The van der Waals surface area contributed by atoms with Crippen LogP contribution in [0.15, 0.2) is 0 Å². The first-order valence-electron chi connectivity index (χ1n) is 22.4. The Labute approximate surface area is 424 Å². The number of amides is 3. The van der Waals surface area contributed by atoms with Gasteiger partial charge in [0.15, 0.2) is 28.6 Å². The van der Waals surface area contributed by atoms with E-state index in [-0.39, 0.29) is 103 Å². The number of rotatable bonds is 29. The molecule has 388 valence electrons. The Bertz CT molecular complexity index is 1780. The molecule has 0 aliphatic carbocycles. The molecule has 0 radical (unpaired) electrons. The highest BCUT2D eigenvalue weighted by atomic mass is 79.9. The number of esters is 3. The molecule has 2 atom stereocenters. The van der Waals surface area contributed by atoms with E-state index in [2.05, 4.69) is 63.7 Å². The van der Waals surface area contributed by atoms with Crippen molar-refractivity contribution in [3.8, 4) is 11.8 Å².